The second-order valence-corrected chi connectivity index (χ2v) is 12.7. The molecular weight excluding hydrogens is 553 g/mol. The third-order valence-electron chi connectivity index (χ3n) is 9.88. The largest absolute Gasteiger partial charge is 0.0620 e. The number of aryl methyl sites for hydroxylation is 3. The average molecular weight is 589 g/mol. The van der Waals surface area contributed by atoms with E-state index in [-0.39, 0.29) is 0 Å². The molecular formula is C46H36. The molecule has 8 aromatic carbocycles. The summed E-state index contributed by atoms with van der Waals surface area (Å²) in [6.45, 7) is 8.96. The molecule has 0 N–H and O–H groups in total. The van der Waals surface area contributed by atoms with Crippen LogP contribution >= 0.6 is 0 Å². The first-order chi connectivity index (χ1) is 22.5. The van der Waals surface area contributed by atoms with E-state index in [4.69, 9.17) is 0 Å². The van der Waals surface area contributed by atoms with Gasteiger partial charge in [-0.15, -0.1) is 0 Å². The molecule has 0 aromatic heterocycles. The Morgan fingerprint density at radius 2 is 0.804 bits per heavy atom. The van der Waals surface area contributed by atoms with Crippen LogP contribution in [0.2, 0.25) is 0 Å². The maximum atomic E-state index is 2.42. The Morgan fingerprint density at radius 1 is 0.304 bits per heavy atom. The number of benzene rings is 8. The van der Waals surface area contributed by atoms with Crippen molar-refractivity contribution >= 4 is 32.3 Å². The lowest BCUT2D eigenvalue weighted by Crippen LogP contribution is -1.95. The van der Waals surface area contributed by atoms with E-state index in [0.29, 0.717) is 0 Å². The summed E-state index contributed by atoms with van der Waals surface area (Å²) >= 11 is 0. The summed E-state index contributed by atoms with van der Waals surface area (Å²) in [6, 6.07) is 53.9. The minimum atomic E-state index is 1.25. The zero-order valence-corrected chi connectivity index (χ0v) is 26.9. The molecule has 0 aliphatic rings. The van der Waals surface area contributed by atoms with E-state index in [1.54, 1.807) is 0 Å². The normalized spacial score (nSPS) is 11.5. The molecule has 0 spiro atoms. The van der Waals surface area contributed by atoms with E-state index in [9.17, 15) is 0 Å². The Bertz CT molecular complexity index is 2400. The fourth-order valence-electron chi connectivity index (χ4n) is 7.51. The molecule has 0 fully saturated rings. The third kappa shape index (κ3) is 4.53. The van der Waals surface area contributed by atoms with Gasteiger partial charge in [0.1, 0.15) is 0 Å². The lowest BCUT2D eigenvalue weighted by atomic mass is 9.82. The van der Waals surface area contributed by atoms with Gasteiger partial charge in [0.2, 0.25) is 0 Å². The maximum absolute atomic E-state index is 2.42. The van der Waals surface area contributed by atoms with Gasteiger partial charge in [-0.1, -0.05) is 133 Å². The van der Waals surface area contributed by atoms with Gasteiger partial charge in [0.25, 0.3) is 0 Å². The Labute approximate surface area is 271 Å². The minimum Gasteiger partial charge on any atom is -0.0620 e. The van der Waals surface area contributed by atoms with Gasteiger partial charge < -0.3 is 0 Å². The zero-order valence-electron chi connectivity index (χ0n) is 26.9. The van der Waals surface area contributed by atoms with Crippen molar-refractivity contribution in [1.29, 1.82) is 0 Å². The Balaban J connectivity index is 1.40. The highest BCUT2D eigenvalue weighted by Crippen LogP contribution is 2.46. The predicted octanol–water partition coefficient (Wildman–Crippen LogP) is 13.0. The summed E-state index contributed by atoms with van der Waals surface area (Å²) < 4.78 is 0. The summed E-state index contributed by atoms with van der Waals surface area (Å²) in [7, 11) is 0. The molecule has 220 valence electrons. The average Bonchev–Trinajstić information content (AvgIpc) is 3.08. The number of fused-ring (bicyclic) bond motifs is 3. The van der Waals surface area contributed by atoms with E-state index < -0.39 is 0 Å². The molecule has 0 aliphatic heterocycles. The first-order valence-corrected chi connectivity index (χ1v) is 16.2. The maximum Gasteiger partial charge on any atom is -0.00235 e. The molecule has 0 nitrogen and oxygen atoms in total. The van der Waals surface area contributed by atoms with E-state index in [1.165, 1.54) is 99.1 Å². The van der Waals surface area contributed by atoms with Crippen LogP contribution in [0.5, 0.6) is 0 Å². The van der Waals surface area contributed by atoms with E-state index in [2.05, 4.69) is 173 Å². The summed E-state index contributed by atoms with van der Waals surface area (Å²) in [4.78, 5) is 0. The van der Waals surface area contributed by atoms with Gasteiger partial charge in [-0.05, 0) is 139 Å². The molecule has 0 amide bonds. The molecule has 8 aromatic rings. The van der Waals surface area contributed by atoms with E-state index >= 15 is 0 Å². The molecule has 0 saturated heterocycles. The summed E-state index contributed by atoms with van der Waals surface area (Å²) in [6.07, 6.45) is 0. The second kappa shape index (κ2) is 11.2. The van der Waals surface area contributed by atoms with Crippen molar-refractivity contribution in [3.63, 3.8) is 0 Å². The van der Waals surface area contributed by atoms with Crippen LogP contribution in [0, 0.1) is 27.7 Å². The molecule has 0 heterocycles. The quantitative estimate of drug-likeness (QED) is 0.179. The lowest BCUT2D eigenvalue weighted by molar-refractivity contribution is 1.41. The third-order valence-corrected chi connectivity index (χ3v) is 9.88. The van der Waals surface area contributed by atoms with Crippen LogP contribution in [0.1, 0.15) is 22.3 Å². The highest BCUT2D eigenvalue weighted by molar-refractivity contribution is 6.22. The summed E-state index contributed by atoms with van der Waals surface area (Å²) in [5, 5.41) is 7.68. The van der Waals surface area contributed by atoms with Crippen molar-refractivity contribution in [3.8, 4) is 44.5 Å². The van der Waals surface area contributed by atoms with Crippen molar-refractivity contribution in [2.24, 2.45) is 0 Å². The van der Waals surface area contributed by atoms with Crippen molar-refractivity contribution < 1.29 is 0 Å². The number of hydrogen-bond acceptors (Lipinski definition) is 0. The predicted molar refractivity (Wildman–Crippen MR) is 200 cm³/mol. The topological polar surface area (TPSA) is 0 Å². The van der Waals surface area contributed by atoms with Gasteiger partial charge in [0.15, 0.2) is 0 Å². The fraction of sp³-hybridized carbons (Fsp3) is 0.0870. The highest BCUT2D eigenvalue weighted by Gasteiger charge is 2.20. The molecule has 0 saturated carbocycles. The van der Waals surface area contributed by atoms with Crippen molar-refractivity contribution in [2.75, 3.05) is 0 Å². The SMILES string of the molecule is Cc1ccc(-c2c3ccccc3c(-c3cccc(-c4ccccc4C)c3C)c3ccccc23)cc1-c1cc2ccccc2cc1C. The monoisotopic (exact) mass is 588 g/mol. The van der Waals surface area contributed by atoms with E-state index in [0.717, 1.165) is 0 Å². The Morgan fingerprint density at radius 3 is 1.48 bits per heavy atom. The standard InChI is InChI=1S/C46H36/c1-29-14-5-8-17-36(29)37-22-13-23-38(32(37)4)46-41-20-11-9-18-39(41)45(40-19-10-12-21-42(40)46)35-25-24-30(2)43(28-35)44-27-34-16-7-6-15-33(34)26-31(44)3/h5-28H,1-4H3. The first kappa shape index (κ1) is 28.0. The van der Waals surface area contributed by atoms with Gasteiger partial charge in [0.05, 0.1) is 0 Å². The van der Waals surface area contributed by atoms with Crippen LogP contribution in [0.4, 0.5) is 0 Å². The molecule has 0 bridgehead atoms. The van der Waals surface area contributed by atoms with Crippen LogP contribution in [-0.4, -0.2) is 0 Å². The molecule has 0 unspecified atom stereocenters. The first-order valence-electron chi connectivity index (χ1n) is 16.2. The summed E-state index contributed by atoms with van der Waals surface area (Å²) in [5.41, 5.74) is 15.5. The van der Waals surface area contributed by atoms with Crippen LogP contribution in [0.3, 0.4) is 0 Å². The molecule has 8 rings (SSSR count). The van der Waals surface area contributed by atoms with Crippen LogP contribution < -0.4 is 0 Å². The zero-order chi connectivity index (χ0) is 31.4. The van der Waals surface area contributed by atoms with Crippen LogP contribution in [0.25, 0.3) is 76.8 Å². The van der Waals surface area contributed by atoms with Crippen LogP contribution in [0.15, 0.2) is 146 Å². The molecule has 46 heavy (non-hydrogen) atoms. The lowest BCUT2D eigenvalue weighted by Gasteiger charge is -2.21. The molecule has 0 aliphatic carbocycles. The van der Waals surface area contributed by atoms with Gasteiger partial charge in [-0.3, -0.25) is 0 Å². The Kier molecular flexibility index (Phi) is 6.80. The van der Waals surface area contributed by atoms with E-state index in [1.807, 2.05) is 0 Å². The van der Waals surface area contributed by atoms with Gasteiger partial charge in [-0.2, -0.15) is 0 Å². The smallest absolute Gasteiger partial charge is 0.00235 e. The minimum absolute atomic E-state index is 1.25. The van der Waals surface area contributed by atoms with Crippen LogP contribution in [-0.2, 0) is 0 Å². The van der Waals surface area contributed by atoms with Crippen molar-refractivity contribution in [1.82, 2.24) is 0 Å². The number of hydrogen-bond donors (Lipinski definition) is 0. The molecule has 0 atom stereocenters. The van der Waals surface area contributed by atoms with Crippen molar-refractivity contribution in [2.45, 2.75) is 27.7 Å². The Hall–Kier alpha value is -5.46. The second-order valence-electron chi connectivity index (χ2n) is 12.7. The number of rotatable bonds is 4. The van der Waals surface area contributed by atoms with Gasteiger partial charge in [0, 0.05) is 0 Å². The highest BCUT2D eigenvalue weighted by atomic mass is 14.2. The summed E-state index contributed by atoms with van der Waals surface area (Å²) in [5.74, 6) is 0. The molecule has 0 radical (unpaired) electrons. The van der Waals surface area contributed by atoms with Gasteiger partial charge >= 0.3 is 0 Å². The van der Waals surface area contributed by atoms with Gasteiger partial charge in [-0.25, -0.2) is 0 Å². The molecule has 0 heteroatoms. The van der Waals surface area contributed by atoms with Crippen molar-refractivity contribution in [3.05, 3.63) is 168 Å². The fourth-order valence-corrected chi connectivity index (χ4v) is 7.51.